The van der Waals surface area contributed by atoms with E-state index in [1.165, 1.54) is 11.1 Å². The molecule has 0 amide bonds. The Bertz CT molecular complexity index is 666. The van der Waals surface area contributed by atoms with Gasteiger partial charge in [0.25, 0.3) is 0 Å². The van der Waals surface area contributed by atoms with Crippen LogP contribution in [0.3, 0.4) is 0 Å². The highest BCUT2D eigenvalue weighted by atomic mass is 16.4. The molecular formula is C21H31NO3. The Kier molecular flexibility index (Phi) is 3.93. The van der Waals surface area contributed by atoms with E-state index in [2.05, 4.69) is 31.2 Å². The molecule has 0 heterocycles. The van der Waals surface area contributed by atoms with Crippen molar-refractivity contribution in [3.63, 3.8) is 0 Å². The second-order valence-corrected chi connectivity index (χ2v) is 9.23. The van der Waals surface area contributed by atoms with Gasteiger partial charge in [0.05, 0.1) is 17.9 Å². The fourth-order valence-corrected chi connectivity index (χ4v) is 6.88. The summed E-state index contributed by atoms with van der Waals surface area (Å²) in [5, 5.41) is 33.7. The molecule has 0 spiro atoms. The van der Waals surface area contributed by atoms with Crippen molar-refractivity contribution in [1.82, 2.24) is 0 Å². The highest BCUT2D eigenvalue weighted by Crippen LogP contribution is 2.65. The van der Waals surface area contributed by atoms with E-state index in [4.69, 9.17) is 0 Å². The first kappa shape index (κ1) is 17.3. The maximum absolute atomic E-state index is 10.9. The molecule has 0 aromatic carbocycles. The number of aliphatic hydroxyl groups is 2. The number of allylic oxidation sites excluding steroid dienone is 3. The Labute approximate surface area is 150 Å². The molecule has 4 aliphatic rings. The van der Waals surface area contributed by atoms with Crippen molar-refractivity contribution in [2.75, 3.05) is 0 Å². The summed E-state index contributed by atoms with van der Waals surface area (Å²) < 4.78 is 0. The third-order valence-corrected chi connectivity index (χ3v) is 8.30. The third kappa shape index (κ3) is 2.23. The Morgan fingerprint density at radius 2 is 1.92 bits per heavy atom. The summed E-state index contributed by atoms with van der Waals surface area (Å²) in [4.78, 5) is 0. The van der Waals surface area contributed by atoms with E-state index in [0.29, 0.717) is 24.2 Å². The van der Waals surface area contributed by atoms with Gasteiger partial charge in [-0.1, -0.05) is 36.7 Å². The van der Waals surface area contributed by atoms with Gasteiger partial charge in [0, 0.05) is 11.8 Å². The van der Waals surface area contributed by atoms with E-state index in [1.807, 2.05) is 6.92 Å². The SMILES string of the molecule is C/C(=N\O)C1=CC[C@H]2[C@H]3CC=C4C[C@@H](O)C[C@@H](O)[C@]4(C)[C@@H]3CC[C@]12C. The Morgan fingerprint density at radius 1 is 1.16 bits per heavy atom. The number of nitrogens with zero attached hydrogens (tertiary/aromatic N) is 1. The van der Waals surface area contributed by atoms with Gasteiger partial charge in [0.2, 0.25) is 0 Å². The highest BCUT2D eigenvalue weighted by Gasteiger charge is 2.59. The molecule has 2 fully saturated rings. The van der Waals surface area contributed by atoms with Crippen LogP contribution in [-0.2, 0) is 0 Å². The quantitative estimate of drug-likeness (QED) is 0.294. The van der Waals surface area contributed by atoms with Gasteiger partial charge in [0.15, 0.2) is 0 Å². The van der Waals surface area contributed by atoms with Crippen molar-refractivity contribution in [3.8, 4) is 0 Å². The van der Waals surface area contributed by atoms with Crippen LogP contribution in [0.25, 0.3) is 0 Å². The van der Waals surface area contributed by atoms with Crippen LogP contribution in [0.5, 0.6) is 0 Å². The van der Waals surface area contributed by atoms with E-state index in [9.17, 15) is 15.4 Å². The summed E-state index contributed by atoms with van der Waals surface area (Å²) in [6, 6.07) is 0. The molecular weight excluding hydrogens is 314 g/mol. The average molecular weight is 345 g/mol. The van der Waals surface area contributed by atoms with Crippen molar-refractivity contribution < 1.29 is 15.4 Å². The fraction of sp³-hybridized carbons (Fsp3) is 0.762. The molecule has 0 bridgehead atoms. The number of hydrogen-bond acceptors (Lipinski definition) is 4. The largest absolute Gasteiger partial charge is 0.411 e. The average Bonchev–Trinajstić information content (AvgIpc) is 2.93. The first-order chi connectivity index (χ1) is 11.8. The van der Waals surface area contributed by atoms with Gasteiger partial charge >= 0.3 is 0 Å². The normalized spacial score (nSPS) is 49.6. The van der Waals surface area contributed by atoms with E-state index < -0.39 is 12.2 Å². The van der Waals surface area contributed by atoms with Gasteiger partial charge in [0.1, 0.15) is 0 Å². The molecule has 4 aliphatic carbocycles. The van der Waals surface area contributed by atoms with E-state index in [0.717, 1.165) is 37.8 Å². The van der Waals surface area contributed by atoms with E-state index >= 15 is 0 Å². The molecule has 0 aromatic heterocycles. The summed E-state index contributed by atoms with van der Waals surface area (Å²) in [5.74, 6) is 1.58. The number of fused-ring (bicyclic) bond motifs is 5. The summed E-state index contributed by atoms with van der Waals surface area (Å²) >= 11 is 0. The van der Waals surface area contributed by atoms with Crippen molar-refractivity contribution >= 4 is 5.71 Å². The van der Waals surface area contributed by atoms with Crippen LogP contribution >= 0.6 is 0 Å². The molecule has 7 atom stereocenters. The fourth-order valence-electron chi connectivity index (χ4n) is 6.88. The molecule has 0 aromatic rings. The molecule has 138 valence electrons. The summed E-state index contributed by atoms with van der Waals surface area (Å²) in [5.41, 5.74) is 3.15. The number of rotatable bonds is 1. The van der Waals surface area contributed by atoms with Crippen LogP contribution < -0.4 is 0 Å². The van der Waals surface area contributed by atoms with E-state index in [-0.39, 0.29) is 10.8 Å². The van der Waals surface area contributed by atoms with Gasteiger partial charge in [-0.3, -0.25) is 0 Å². The molecule has 4 nitrogen and oxygen atoms in total. The predicted molar refractivity (Wildman–Crippen MR) is 97.5 cm³/mol. The number of aliphatic hydroxyl groups excluding tert-OH is 2. The van der Waals surface area contributed by atoms with Crippen LogP contribution in [0, 0.1) is 28.6 Å². The zero-order valence-electron chi connectivity index (χ0n) is 15.6. The van der Waals surface area contributed by atoms with Crippen LogP contribution in [0.2, 0.25) is 0 Å². The van der Waals surface area contributed by atoms with Crippen LogP contribution in [0.1, 0.15) is 59.3 Å². The molecule has 0 saturated heterocycles. The topological polar surface area (TPSA) is 73.1 Å². The number of hydrogen-bond donors (Lipinski definition) is 3. The minimum Gasteiger partial charge on any atom is -0.411 e. The Morgan fingerprint density at radius 3 is 2.64 bits per heavy atom. The molecule has 25 heavy (non-hydrogen) atoms. The summed E-state index contributed by atoms with van der Waals surface area (Å²) in [7, 11) is 0. The Hall–Kier alpha value is -1.13. The van der Waals surface area contributed by atoms with Gasteiger partial charge < -0.3 is 15.4 Å². The molecule has 2 saturated carbocycles. The second-order valence-electron chi connectivity index (χ2n) is 9.23. The lowest BCUT2D eigenvalue weighted by atomic mass is 9.46. The van der Waals surface area contributed by atoms with Gasteiger partial charge in [-0.05, 0) is 67.8 Å². The second kappa shape index (κ2) is 5.68. The molecule has 4 heteroatoms. The monoisotopic (exact) mass is 345 g/mol. The van der Waals surface area contributed by atoms with Crippen LogP contribution in [0.15, 0.2) is 28.5 Å². The van der Waals surface area contributed by atoms with Gasteiger partial charge in [-0.25, -0.2) is 0 Å². The summed E-state index contributed by atoms with van der Waals surface area (Å²) in [6.07, 6.45) is 9.23. The minimum atomic E-state index is -0.450. The minimum absolute atomic E-state index is 0.0817. The molecule has 0 unspecified atom stereocenters. The highest BCUT2D eigenvalue weighted by molar-refractivity contribution is 5.99. The molecule has 0 aliphatic heterocycles. The third-order valence-electron chi connectivity index (χ3n) is 8.30. The van der Waals surface area contributed by atoms with Crippen molar-refractivity contribution in [3.05, 3.63) is 23.3 Å². The molecule has 3 N–H and O–H groups in total. The first-order valence-corrected chi connectivity index (χ1v) is 9.77. The zero-order chi connectivity index (χ0) is 18.0. The Balaban J connectivity index is 1.69. The van der Waals surface area contributed by atoms with Crippen LogP contribution in [-0.4, -0.2) is 33.3 Å². The van der Waals surface area contributed by atoms with Crippen molar-refractivity contribution in [1.29, 1.82) is 0 Å². The zero-order valence-corrected chi connectivity index (χ0v) is 15.6. The van der Waals surface area contributed by atoms with Crippen molar-refractivity contribution in [2.45, 2.75) is 71.5 Å². The maximum atomic E-state index is 10.9. The molecule has 0 radical (unpaired) electrons. The lowest BCUT2D eigenvalue weighted by Gasteiger charge is -2.59. The maximum Gasteiger partial charge on any atom is 0.0799 e. The smallest absolute Gasteiger partial charge is 0.0799 e. The standard InChI is InChI=1S/C21H31NO3/c1-12(22-25)16-6-7-17-15-5-4-13-10-14(23)11-19(24)21(13,3)18(15)8-9-20(16,17)2/h4,6,14-15,17-19,23-25H,5,7-11H2,1-3H3/b22-12+/t14-,15-,17+,18-,19-,20-,21+/m1/s1. The van der Waals surface area contributed by atoms with Crippen molar-refractivity contribution in [2.24, 2.45) is 33.7 Å². The number of oxime groups is 1. The lowest BCUT2D eigenvalue weighted by molar-refractivity contribution is -0.0959. The first-order valence-electron chi connectivity index (χ1n) is 9.77. The lowest BCUT2D eigenvalue weighted by Crippen LogP contribution is -2.55. The summed E-state index contributed by atoms with van der Waals surface area (Å²) in [6.45, 7) is 6.47. The van der Waals surface area contributed by atoms with Gasteiger partial charge in [-0.15, -0.1) is 0 Å². The predicted octanol–water partition coefficient (Wildman–Crippen LogP) is 3.67. The van der Waals surface area contributed by atoms with E-state index in [1.54, 1.807) is 0 Å². The van der Waals surface area contributed by atoms with Crippen LogP contribution in [0.4, 0.5) is 0 Å². The van der Waals surface area contributed by atoms with Gasteiger partial charge in [-0.2, -0.15) is 0 Å². The molecule has 4 rings (SSSR count).